The molecule has 30 heavy (non-hydrogen) atoms. The number of rotatable bonds is 6. The van der Waals surface area contributed by atoms with Crippen molar-refractivity contribution < 1.29 is 23.9 Å². The lowest BCUT2D eigenvalue weighted by Gasteiger charge is -2.11. The van der Waals surface area contributed by atoms with Gasteiger partial charge in [-0.3, -0.25) is 29.8 Å². The minimum Gasteiger partial charge on any atom is -0.459 e. The summed E-state index contributed by atoms with van der Waals surface area (Å²) in [6, 6.07) is 10.4. The van der Waals surface area contributed by atoms with Crippen molar-refractivity contribution in [3.8, 4) is 0 Å². The number of carbonyl (C=O) groups is 2. The van der Waals surface area contributed by atoms with Gasteiger partial charge in [-0.1, -0.05) is 0 Å². The van der Waals surface area contributed by atoms with Crippen molar-refractivity contribution in [3.05, 3.63) is 91.9 Å². The van der Waals surface area contributed by atoms with Crippen molar-refractivity contribution in [1.82, 2.24) is 0 Å². The number of benzene rings is 2. The number of anilines is 2. The quantitative estimate of drug-likeness (QED) is 0.460. The molecular weight excluding hydrogens is 396 g/mol. The molecule has 11 heteroatoms. The van der Waals surface area contributed by atoms with Crippen molar-refractivity contribution >= 4 is 34.6 Å². The minimum absolute atomic E-state index is 0.138. The topological polar surface area (TPSA) is 158 Å². The van der Waals surface area contributed by atoms with Gasteiger partial charge in [0.25, 0.3) is 23.2 Å². The zero-order valence-corrected chi connectivity index (χ0v) is 15.4. The molecule has 0 spiro atoms. The summed E-state index contributed by atoms with van der Waals surface area (Å²) in [4.78, 5) is 44.8. The SMILES string of the molecule is Cc1cc(NC(=O)c2cc([N+](=O)[O-])cc([N+](=O)[O-])c2)ccc1NC(=O)c1ccco1. The zero-order valence-electron chi connectivity index (χ0n) is 15.4. The van der Waals surface area contributed by atoms with Gasteiger partial charge in [0.1, 0.15) is 0 Å². The molecule has 3 aromatic rings. The van der Waals surface area contributed by atoms with Crippen molar-refractivity contribution in [1.29, 1.82) is 0 Å². The molecule has 0 fully saturated rings. The van der Waals surface area contributed by atoms with Gasteiger partial charge in [0.05, 0.1) is 27.7 Å². The number of hydrogen-bond donors (Lipinski definition) is 2. The monoisotopic (exact) mass is 410 g/mol. The van der Waals surface area contributed by atoms with Crippen LogP contribution in [-0.2, 0) is 0 Å². The maximum absolute atomic E-state index is 12.5. The largest absolute Gasteiger partial charge is 0.459 e. The van der Waals surface area contributed by atoms with Gasteiger partial charge in [0.15, 0.2) is 5.76 Å². The number of carbonyl (C=O) groups excluding carboxylic acids is 2. The number of amides is 2. The fourth-order valence-corrected chi connectivity index (χ4v) is 2.61. The number of non-ortho nitro benzene ring substituents is 2. The first-order valence-corrected chi connectivity index (χ1v) is 8.45. The van der Waals surface area contributed by atoms with E-state index in [0.717, 1.165) is 18.2 Å². The summed E-state index contributed by atoms with van der Waals surface area (Å²) in [5, 5.41) is 27.1. The van der Waals surface area contributed by atoms with Crippen LogP contribution in [-0.4, -0.2) is 21.7 Å². The maximum atomic E-state index is 12.5. The lowest BCUT2D eigenvalue weighted by atomic mass is 10.1. The molecule has 1 heterocycles. The number of furan rings is 1. The number of nitro benzene ring substituents is 2. The second-order valence-electron chi connectivity index (χ2n) is 6.17. The predicted molar refractivity (Wildman–Crippen MR) is 106 cm³/mol. The van der Waals surface area contributed by atoms with Crippen LogP contribution in [0.5, 0.6) is 0 Å². The molecule has 0 unspecified atom stereocenters. The Morgan fingerprint density at radius 1 is 0.900 bits per heavy atom. The van der Waals surface area contributed by atoms with Crippen LogP contribution in [0.3, 0.4) is 0 Å². The van der Waals surface area contributed by atoms with Crippen LogP contribution in [0.15, 0.2) is 59.2 Å². The van der Waals surface area contributed by atoms with E-state index in [1.165, 1.54) is 18.4 Å². The number of nitrogens with one attached hydrogen (secondary N) is 2. The van der Waals surface area contributed by atoms with Crippen LogP contribution in [0.1, 0.15) is 26.5 Å². The van der Waals surface area contributed by atoms with Crippen LogP contribution in [0.25, 0.3) is 0 Å². The highest BCUT2D eigenvalue weighted by Crippen LogP contribution is 2.25. The standard InChI is InChI=1S/C19H14N4O7/c1-11-7-13(4-5-16(11)21-19(25)17-3-2-6-30-17)20-18(24)12-8-14(22(26)27)10-15(9-12)23(28)29/h2-10H,1H3,(H,20,24)(H,21,25). The summed E-state index contributed by atoms with van der Waals surface area (Å²) in [6.45, 7) is 1.70. The van der Waals surface area contributed by atoms with Crippen molar-refractivity contribution in [3.63, 3.8) is 0 Å². The molecule has 0 radical (unpaired) electrons. The molecule has 2 N–H and O–H groups in total. The van der Waals surface area contributed by atoms with E-state index >= 15 is 0 Å². The summed E-state index contributed by atoms with van der Waals surface area (Å²) in [5.74, 6) is -1.06. The van der Waals surface area contributed by atoms with Crippen LogP contribution in [0.2, 0.25) is 0 Å². The Morgan fingerprint density at radius 2 is 1.57 bits per heavy atom. The zero-order chi connectivity index (χ0) is 21.8. The molecular formula is C19H14N4O7. The van der Waals surface area contributed by atoms with Gasteiger partial charge in [-0.05, 0) is 42.8 Å². The van der Waals surface area contributed by atoms with Crippen molar-refractivity contribution in [2.45, 2.75) is 6.92 Å². The highest BCUT2D eigenvalue weighted by atomic mass is 16.6. The maximum Gasteiger partial charge on any atom is 0.291 e. The van der Waals surface area contributed by atoms with E-state index in [0.29, 0.717) is 16.9 Å². The Labute approximate surface area is 168 Å². The number of aryl methyl sites for hydroxylation is 1. The highest BCUT2D eigenvalue weighted by molar-refractivity contribution is 6.06. The summed E-state index contributed by atoms with van der Waals surface area (Å²) in [5.41, 5.74) is 0.0764. The molecule has 0 aliphatic heterocycles. The molecule has 0 atom stereocenters. The molecule has 1 aromatic heterocycles. The summed E-state index contributed by atoms with van der Waals surface area (Å²) in [7, 11) is 0. The molecule has 152 valence electrons. The molecule has 3 rings (SSSR count). The first-order valence-electron chi connectivity index (χ1n) is 8.45. The van der Waals surface area contributed by atoms with E-state index in [2.05, 4.69) is 10.6 Å². The smallest absolute Gasteiger partial charge is 0.291 e. The van der Waals surface area contributed by atoms with E-state index in [-0.39, 0.29) is 11.3 Å². The van der Waals surface area contributed by atoms with Crippen LogP contribution in [0.4, 0.5) is 22.7 Å². The normalized spacial score (nSPS) is 10.3. The Hall–Kier alpha value is -4.54. The third kappa shape index (κ3) is 4.47. The Balaban J connectivity index is 1.79. The average Bonchev–Trinajstić information content (AvgIpc) is 3.24. The lowest BCUT2D eigenvalue weighted by molar-refractivity contribution is -0.394. The van der Waals surface area contributed by atoms with Crippen LogP contribution < -0.4 is 10.6 Å². The molecule has 0 bridgehead atoms. The lowest BCUT2D eigenvalue weighted by Crippen LogP contribution is -2.14. The predicted octanol–water partition coefficient (Wildman–Crippen LogP) is 3.91. The summed E-state index contributed by atoms with van der Waals surface area (Å²) in [6.07, 6.45) is 1.37. The molecule has 2 aromatic carbocycles. The van der Waals surface area contributed by atoms with Gasteiger partial charge in [-0.2, -0.15) is 0 Å². The van der Waals surface area contributed by atoms with Gasteiger partial charge in [-0.25, -0.2) is 0 Å². The van der Waals surface area contributed by atoms with Gasteiger partial charge < -0.3 is 15.1 Å². The summed E-state index contributed by atoms with van der Waals surface area (Å²) >= 11 is 0. The van der Waals surface area contributed by atoms with E-state index in [1.54, 1.807) is 25.1 Å². The van der Waals surface area contributed by atoms with E-state index < -0.39 is 33.0 Å². The highest BCUT2D eigenvalue weighted by Gasteiger charge is 2.20. The summed E-state index contributed by atoms with van der Waals surface area (Å²) < 4.78 is 5.02. The molecule has 0 aliphatic rings. The van der Waals surface area contributed by atoms with Crippen LogP contribution >= 0.6 is 0 Å². The Kier molecular flexibility index (Phi) is 5.54. The number of nitrogens with zero attached hydrogens (tertiary/aromatic N) is 2. The van der Waals surface area contributed by atoms with Gasteiger partial charge in [0.2, 0.25) is 0 Å². The Morgan fingerprint density at radius 3 is 2.10 bits per heavy atom. The van der Waals surface area contributed by atoms with Gasteiger partial charge >= 0.3 is 0 Å². The second-order valence-corrected chi connectivity index (χ2v) is 6.17. The van der Waals surface area contributed by atoms with Gasteiger partial charge in [0, 0.05) is 23.5 Å². The third-order valence-corrected chi connectivity index (χ3v) is 4.06. The second kappa shape index (κ2) is 8.22. The fourth-order valence-electron chi connectivity index (χ4n) is 2.61. The van der Waals surface area contributed by atoms with Gasteiger partial charge in [-0.15, -0.1) is 0 Å². The molecule has 0 aliphatic carbocycles. The average molecular weight is 410 g/mol. The number of hydrogen-bond acceptors (Lipinski definition) is 7. The first kappa shape index (κ1) is 20.2. The minimum atomic E-state index is -0.815. The first-order chi connectivity index (χ1) is 14.2. The van der Waals surface area contributed by atoms with E-state index in [9.17, 15) is 29.8 Å². The number of nitro groups is 2. The molecule has 0 saturated carbocycles. The van der Waals surface area contributed by atoms with E-state index in [4.69, 9.17) is 4.42 Å². The third-order valence-electron chi connectivity index (χ3n) is 4.06. The van der Waals surface area contributed by atoms with Crippen molar-refractivity contribution in [2.24, 2.45) is 0 Å². The van der Waals surface area contributed by atoms with Crippen LogP contribution in [0, 0.1) is 27.2 Å². The molecule has 11 nitrogen and oxygen atoms in total. The van der Waals surface area contributed by atoms with Crippen molar-refractivity contribution in [2.75, 3.05) is 10.6 Å². The fraction of sp³-hybridized carbons (Fsp3) is 0.0526. The molecule has 2 amide bonds. The Bertz CT molecular complexity index is 1120. The molecule has 0 saturated heterocycles. The van der Waals surface area contributed by atoms with E-state index in [1.807, 2.05) is 0 Å².